The van der Waals surface area contributed by atoms with Crippen LogP contribution in [-0.2, 0) is 4.79 Å². The molecule has 2 amide bonds. The maximum absolute atomic E-state index is 12.7. The van der Waals surface area contributed by atoms with E-state index in [0.717, 1.165) is 37.6 Å². The quantitative estimate of drug-likeness (QED) is 0.254. The maximum Gasteiger partial charge on any atom is 0.276 e. The number of aliphatic hydroxyl groups excluding tert-OH is 1. The van der Waals surface area contributed by atoms with Crippen molar-refractivity contribution in [3.8, 4) is 11.8 Å². The van der Waals surface area contributed by atoms with Gasteiger partial charge >= 0.3 is 0 Å². The van der Waals surface area contributed by atoms with Gasteiger partial charge in [0.2, 0.25) is 0 Å². The van der Waals surface area contributed by atoms with Crippen LogP contribution in [0.3, 0.4) is 0 Å². The predicted octanol–water partition coefficient (Wildman–Crippen LogP) is 0.352. The summed E-state index contributed by atoms with van der Waals surface area (Å²) < 4.78 is 0. The molecule has 1 aromatic carbocycles. The van der Waals surface area contributed by atoms with Gasteiger partial charge in [-0.25, -0.2) is 10.5 Å². The van der Waals surface area contributed by atoms with Crippen LogP contribution in [0, 0.1) is 11.8 Å². The van der Waals surface area contributed by atoms with Gasteiger partial charge in [-0.15, -0.1) is 0 Å². The van der Waals surface area contributed by atoms with E-state index in [0.29, 0.717) is 5.56 Å². The molecule has 1 aliphatic heterocycles. The molecule has 0 unspecified atom stereocenters. The molecule has 1 aromatic heterocycles. The first-order valence-electron chi connectivity index (χ1n) is 10.9. The lowest BCUT2D eigenvalue weighted by Gasteiger charge is -2.34. The lowest BCUT2D eigenvalue weighted by atomic mass is 9.87. The normalized spacial score (nSPS) is 21.4. The number of amides is 2. The van der Waals surface area contributed by atoms with Gasteiger partial charge in [0.05, 0.1) is 0 Å². The number of nitrogens with one attached hydrogen (secondary N) is 3. The Morgan fingerprint density at radius 1 is 1.06 bits per heavy atom. The maximum atomic E-state index is 12.7. The average Bonchev–Trinajstić information content (AvgIpc) is 2.89. The van der Waals surface area contributed by atoms with Crippen LogP contribution in [0.15, 0.2) is 66.9 Å². The van der Waals surface area contributed by atoms with Crippen LogP contribution < -0.4 is 21.0 Å². The van der Waals surface area contributed by atoms with Gasteiger partial charge in [0.1, 0.15) is 11.9 Å². The molecule has 1 aliphatic carbocycles. The molecule has 1 saturated heterocycles. The number of rotatable bonds is 4. The van der Waals surface area contributed by atoms with Gasteiger partial charge in [-0.1, -0.05) is 30.1 Å². The van der Waals surface area contributed by atoms with Crippen LogP contribution >= 0.6 is 0 Å². The molecule has 174 valence electrons. The third-order valence-corrected chi connectivity index (χ3v) is 5.71. The minimum Gasteiger partial charge on any atom is -0.386 e. The Kier molecular flexibility index (Phi) is 7.04. The second-order valence-electron chi connectivity index (χ2n) is 7.92. The lowest BCUT2D eigenvalue weighted by Crippen LogP contribution is -2.63. The number of aliphatic hydroxyl groups is 1. The van der Waals surface area contributed by atoms with E-state index in [1.54, 1.807) is 36.5 Å². The number of piperazine rings is 1. The zero-order valence-corrected chi connectivity index (χ0v) is 18.4. The van der Waals surface area contributed by atoms with E-state index in [4.69, 9.17) is 5.21 Å². The molecule has 5 N–H and O–H groups in total. The highest BCUT2D eigenvalue weighted by Gasteiger charge is 2.44. The van der Waals surface area contributed by atoms with Gasteiger partial charge in [0.15, 0.2) is 5.54 Å². The molecule has 9 nitrogen and oxygen atoms in total. The number of hydrogen-bond donors (Lipinski definition) is 5. The van der Waals surface area contributed by atoms with Gasteiger partial charge in [-0.2, -0.15) is 0 Å². The van der Waals surface area contributed by atoms with E-state index in [9.17, 15) is 14.7 Å². The third kappa shape index (κ3) is 5.00. The van der Waals surface area contributed by atoms with Gasteiger partial charge in [0, 0.05) is 49.1 Å². The number of pyridine rings is 1. The Hall–Kier alpha value is -3.97. The SMILES string of the molecule is O=C(N[C@@]1(C(=O)NO)C=CC=C[C@H]1O)c1ccc(C#Cc2ccc(N3CCNCC3)nc2)cc1. The van der Waals surface area contributed by atoms with Crippen LogP contribution in [-0.4, -0.2) is 64.9 Å². The van der Waals surface area contributed by atoms with Crippen molar-refractivity contribution in [2.24, 2.45) is 0 Å². The minimum absolute atomic E-state index is 0.271. The Balaban J connectivity index is 1.43. The summed E-state index contributed by atoms with van der Waals surface area (Å²) in [5, 5.41) is 25.2. The van der Waals surface area contributed by atoms with Crippen LogP contribution in [0.5, 0.6) is 0 Å². The van der Waals surface area contributed by atoms with Crippen molar-refractivity contribution in [2.45, 2.75) is 11.6 Å². The van der Waals surface area contributed by atoms with E-state index < -0.39 is 23.5 Å². The molecule has 4 rings (SSSR count). The number of carbonyl (C=O) groups is 2. The molecule has 9 heteroatoms. The minimum atomic E-state index is -1.82. The fourth-order valence-corrected chi connectivity index (χ4v) is 3.75. The highest BCUT2D eigenvalue weighted by molar-refractivity contribution is 6.00. The topological polar surface area (TPSA) is 127 Å². The first-order chi connectivity index (χ1) is 16.5. The molecule has 0 saturated carbocycles. The molecule has 34 heavy (non-hydrogen) atoms. The third-order valence-electron chi connectivity index (χ3n) is 5.71. The Morgan fingerprint density at radius 2 is 1.76 bits per heavy atom. The summed E-state index contributed by atoms with van der Waals surface area (Å²) in [5.41, 5.74) is 1.43. The standard InChI is InChI=1S/C25H25N5O4/c31-21-3-1-2-12-25(21,24(33)29-34)28-23(32)20-9-6-18(7-10-20)4-5-19-8-11-22(27-17-19)30-15-13-26-14-16-30/h1-3,6-12,17,21,26,31,34H,13-16H2,(H,28,32)(H,29,33)/t21-,25+/m1/s1. The summed E-state index contributed by atoms with van der Waals surface area (Å²) >= 11 is 0. The number of aromatic nitrogens is 1. The van der Waals surface area contributed by atoms with Gasteiger partial charge in [0.25, 0.3) is 11.8 Å². The first kappa shape index (κ1) is 23.2. The number of nitrogens with zero attached hydrogens (tertiary/aromatic N) is 2. The van der Waals surface area contributed by atoms with Crippen LogP contribution in [0.25, 0.3) is 0 Å². The van der Waals surface area contributed by atoms with E-state index in [1.807, 2.05) is 12.1 Å². The van der Waals surface area contributed by atoms with E-state index >= 15 is 0 Å². The summed E-state index contributed by atoms with van der Waals surface area (Å²) in [6.07, 6.45) is 6.12. The first-order valence-corrected chi connectivity index (χ1v) is 10.9. The fraction of sp³-hybridized carbons (Fsp3) is 0.240. The van der Waals surface area contributed by atoms with Crippen LogP contribution in [0.1, 0.15) is 21.5 Å². The molecule has 2 atom stereocenters. The molecule has 2 heterocycles. The van der Waals surface area contributed by atoms with Crippen molar-refractivity contribution < 1.29 is 19.9 Å². The van der Waals surface area contributed by atoms with Crippen molar-refractivity contribution in [1.29, 1.82) is 0 Å². The zero-order chi connectivity index (χ0) is 24.0. The average molecular weight is 460 g/mol. The van der Waals surface area contributed by atoms with Crippen molar-refractivity contribution in [3.63, 3.8) is 0 Å². The molecule has 0 spiro atoms. The van der Waals surface area contributed by atoms with Crippen LogP contribution in [0.4, 0.5) is 5.82 Å². The second-order valence-corrected chi connectivity index (χ2v) is 7.92. The number of allylic oxidation sites excluding steroid dienone is 2. The smallest absolute Gasteiger partial charge is 0.276 e. The second kappa shape index (κ2) is 10.3. The van der Waals surface area contributed by atoms with E-state index in [-0.39, 0.29) is 5.56 Å². The van der Waals surface area contributed by atoms with E-state index in [1.165, 1.54) is 23.7 Å². The summed E-state index contributed by atoms with van der Waals surface area (Å²) in [5.74, 6) is 5.51. The Bertz CT molecular complexity index is 1160. The lowest BCUT2D eigenvalue weighted by molar-refractivity contribution is -0.137. The van der Waals surface area contributed by atoms with Gasteiger partial charge < -0.3 is 20.6 Å². The largest absolute Gasteiger partial charge is 0.386 e. The molecule has 1 fully saturated rings. The van der Waals surface area contributed by atoms with Crippen molar-refractivity contribution >= 4 is 17.6 Å². The number of carbonyl (C=O) groups excluding carboxylic acids is 2. The molecular formula is C25H25N5O4. The van der Waals surface area contributed by atoms with Crippen LogP contribution in [0.2, 0.25) is 0 Å². The Labute approximate surface area is 197 Å². The summed E-state index contributed by atoms with van der Waals surface area (Å²) in [4.78, 5) is 31.7. The number of anilines is 1. The molecule has 2 aromatic rings. The van der Waals surface area contributed by atoms with Crippen molar-refractivity contribution in [3.05, 3.63) is 83.6 Å². The molecular weight excluding hydrogens is 434 g/mol. The monoisotopic (exact) mass is 459 g/mol. The number of hydroxylamine groups is 1. The highest BCUT2D eigenvalue weighted by Crippen LogP contribution is 2.20. The fourth-order valence-electron chi connectivity index (χ4n) is 3.75. The van der Waals surface area contributed by atoms with Gasteiger partial charge in [-0.05, 0) is 42.5 Å². The van der Waals surface area contributed by atoms with E-state index in [2.05, 4.69) is 32.4 Å². The summed E-state index contributed by atoms with van der Waals surface area (Å²) in [6, 6.07) is 10.4. The van der Waals surface area contributed by atoms with Crippen molar-refractivity contribution in [1.82, 2.24) is 21.1 Å². The summed E-state index contributed by atoms with van der Waals surface area (Å²) in [6.45, 7) is 3.74. The number of hydrogen-bond acceptors (Lipinski definition) is 7. The van der Waals surface area contributed by atoms with Crippen molar-refractivity contribution in [2.75, 3.05) is 31.1 Å². The molecule has 0 bridgehead atoms. The molecule has 2 aliphatic rings. The summed E-state index contributed by atoms with van der Waals surface area (Å²) in [7, 11) is 0. The molecule has 0 radical (unpaired) electrons. The highest BCUT2D eigenvalue weighted by atomic mass is 16.5. The van der Waals surface area contributed by atoms with Gasteiger partial charge in [-0.3, -0.25) is 14.8 Å². The zero-order valence-electron chi connectivity index (χ0n) is 18.4. The predicted molar refractivity (Wildman–Crippen MR) is 126 cm³/mol. The Morgan fingerprint density at radius 3 is 2.41 bits per heavy atom. The number of benzene rings is 1.